The number of hydrogen-bond donors (Lipinski definition) is 2. The first kappa shape index (κ1) is 13.5. The lowest BCUT2D eigenvalue weighted by atomic mass is 10.1. The molecule has 0 aliphatic carbocycles. The van der Waals surface area contributed by atoms with Gasteiger partial charge in [-0.15, -0.1) is 0 Å². The summed E-state index contributed by atoms with van der Waals surface area (Å²) in [6.45, 7) is 4.07. The van der Waals surface area contributed by atoms with Gasteiger partial charge in [-0.2, -0.15) is 0 Å². The Labute approximate surface area is 124 Å². The highest BCUT2D eigenvalue weighted by Gasteiger charge is 2.10. The van der Waals surface area contributed by atoms with Crippen LogP contribution in [0.2, 0.25) is 0 Å². The van der Waals surface area contributed by atoms with Gasteiger partial charge in [-0.1, -0.05) is 43.3 Å². The second-order valence-electron chi connectivity index (χ2n) is 5.03. The number of rotatable bonds is 3. The van der Waals surface area contributed by atoms with E-state index < -0.39 is 0 Å². The van der Waals surface area contributed by atoms with Gasteiger partial charge in [-0.05, 0) is 30.2 Å². The number of hydrazine groups is 1. The molecule has 1 aromatic heterocycles. The molecule has 0 atom stereocenters. The molecule has 106 valence electrons. The minimum Gasteiger partial charge on any atom is -0.308 e. The minimum atomic E-state index is 0.685. The summed E-state index contributed by atoms with van der Waals surface area (Å²) in [5.41, 5.74) is 5.69. The van der Waals surface area contributed by atoms with Crippen LogP contribution in [0.25, 0.3) is 22.2 Å². The maximum Gasteiger partial charge on any atom is 0.161 e. The number of hydrogen-bond acceptors (Lipinski definition) is 4. The molecule has 2 aromatic carbocycles. The van der Waals surface area contributed by atoms with Crippen molar-refractivity contribution < 1.29 is 0 Å². The summed E-state index contributed by atoms with van der Waals surface area (Å²) in [7, 11) is 0. The Morgan fingerprint density at radius 2 is 1.81 bits per heavy atom. The lowest BCUT2D eigenvalue weighted by Crippen LogP contribution is -2.13. The molecule has 0 aliphatic heterocycles. The van der Waals surface area contributed by atoms with Crippen molar-refractivity contribution in [1.82, 2.24) is 9.97 Å². The minimum absolute atomic E-state index is 0.685. The number of nitrogen functional groups attached to an aromatic ring is 1. The largest absolute Gasteiger partial charge is 0.308 e. The smallest absolute Gasteiger partial charge is 0.161 e. The van der Waals surface area contributed by atoms with Crippen LogP contribution < -0.4 is 11.3 Å². The normalized spacial score (nSPS) is 10.8. The highest BCUT2D eigenvalue weighted by atomic mass is 15.3. The van der Waals surface area contributed by atoms with Crippen molar-refractivity contribution >= 4 is 16.6 Å². The number of nitrogens with one attached hydrogen (secondary N) is 1. The van der Waals surface area contributed by atoms with Crippen LogP contribution in [0, 0.1) is 6.92 Å². The number of benzene rings is 2. The van der Waals surface area contributed by atoms with Crippen LogP contribution in [0.15, 0.2) is 42.5 Å². The molecule has 0 saturated heterocycles. The van der Waals surface area contributed by atoms with Gasteiger partial charge >= 0.3 is 0 Å². The van der Waals surface area contributed by atoms with Crippen LogP contribution in [0.3, 0.4) is 0 Å². The second kappa shape index (κ2) is 5.50. The zero-order valence-electron chi connectivity index (χ0n) is 12.2. The summed E-state index contributed by atoms with van der Waals surface area (Å²) in [5, 5.41) is 2.39. The molecule has 1 heterocycles. The molecule has 3 rings (SSSR count). The Morgan fingerprint density at radius 1 is 1.05 bits per heavy atom. The predicted molar refractivity (Wildman–Crippen MR) is 86.9 cm³/mol. The van der Waals surface area contributed by atoms with Crippen molar-refractivity contribution in [3.8, 4) is 11.4 Å². The molecule has 4 nitrogen and oxygen atoms in total. The molecular weight excluding hydrogens is 260 g/mol. The van der Waals surface area contributed by atoms with Crippen molar-refractivity contribution in [2.45, 2.75) is 20.3 Å². The topological polar surface area (TPSA) is 63.8 Å². The van der Waals surface area contributed by atoms with E-state index in [0.29, 0.717) is 11.6 Å². The summed E-state index contributed by atoms with van der Waals surface area (Å²) in [4.78, 5) is 9.20. The van der Waals surface area contributed by atoms with E-state index in [4.69, 9.17) is 5.84 Å². The van der Waals surface area contributed by atoms with Gasteiger partial charge < -0.3 is 5.43 Å². The molecule has 0 saturated carbocycles. The maximum absolute atomic E-state index is 5.57. The van der Waals surface area contributed by atoms with Gasteiger partial charge in [0.25, 0.3) is 0 Å². The van der Waals surface area contributed by atoms with Crippen LogP contribution in [-0.4, -0.2) is 9.97 Å². The Kier molecular flexibility index (Phi) is 3.54. The zero-order chi connectivity index (χ0) is 14.8. The van der Waals surface area contributed by atoms with Gasteiger partial charge in [0.15, 0.2) is 5.82 Å². The highest BCUT2D eigenvalue weighted by molar-refractivity contribution is 5.86. The van der Waals surface area contributed by atoms with E-state index in [1.165, 1.54) is 10.8 Å². The SMILES string of the molecule is CCc1nc(-c2ccc3ccccc3c2)nc(NN)c1C. The lowest BCUT2D eigenvalue weighted by Gasteiger charge is -2.11. The number of fused-ring (bicyclic) bond motifs is 1. The van der Waals surface area contributed by atoms with Crippen LogP contribution >= 0.6 is 0 Å². The van der Waals surface area contributed by atoms with Gasteiger partial charge in [-0.3, -0.25) is 0 Å². The monoisotopic (exact) mass is 278 g/mol. The Hall–Kier alpha value is -2.46. The molecule has 3 aromatic rings. The summed E-state index contributed by atoms with van der Waals surface area (Å²) in [6, 6.07) is 14.5. The van der Waals surface area contributed by atoms with Gasteiger partial charge in [-0.25, -0.2) is 15.8 Å². The van der Waals surface area contributed by atoms with Crippen LogP contribution in [0.5, 0.6) is 0 Å². The van der Waals surface area contributed by atoms with Crippen LogP contribution in [-0.2, 0) is 6.42 Å². The fraction of sp³-hybridized carbons (Fsp3) is 0.176. The van der Waals surface area contributed by atoms with Crippen LogP contribution in [0.1, 0.15) is 18.2 Å². The van der Waals surface area contributed by atoms with E-state index in [1.807, 2.05) is 25.1 Å². The number of nitrogens with two attached hydrogens (primary N) is 1. The summed E-state index contributed by atoms with van der Waals surface area (Å²) in [5.74, 6) is 6.96. The molecule has 0 radical (unpaired) electrons. The van der Waals surface area contributed by atoms with E-state index in [9.17, 15) is 0 Å². The molecule has 0 aliphatic rings. The van der Waals surface area contributed by atoms with Crippen molar-refractivity contribution in [2.24, 2.45) is 5.84 Å². The van der Waals surface area contributed by atoms with E-state index in [1.54, 1.807) is 0 Å². The van der Waals surface area contributed by atoms with E-state index in [0.717, 1.165) is 23.2 Å². The Balaban J connectivity index is 2.17. The lowest BCUT2D eigenvalue weighted by molar-refractivity contribution is 0.973. The average Bonchev–Trinajstić information content (AvgIpc) is 2.54. The van der Waals surface area contributed by atoms with Crippen molar-refractivity contribution in [3.63, 3.8) is 0 Å². The molecule has 21 heavy (non-hydrogen) atoms. The predicted octanol–water partition coefficient (Wildman–Crippen LogP) is 3.45. The van der Waals surface area contributed by atoms with Crippen LogP contribution in [0.4, 0.5) is 5.82 Å². The number of nitrogens with zero attached hydrogens (tertiary/aromatic N) is 2. The number of aromatic nitrogens is 2. The summed E-state index contributed by atoms with van der Waals surface area (Å²) in [6.07, 6.45) is 0.851. The standard InChI is InChI=1S/C17H18N4/c1-3-15-11(2)16(21-18)20-17(19-15)14-9-8-12-6-4-5-7-13(12)10-14/h4-10H,3,18H2,1-2H3,(H,19,20,21). The van der Waals surface area contributed by atoms with E-state index in [-0.39, 0.29) is 0 Å². The maximum atomic E-state index is 5.57. The third-order valence-corrected chi connectivity index (χ3v) is 3.73. The fourth-order valence-electron chi connectivity index (χ4n) is 2.51. The molecule has 0 fully saturated rings. The third kappa shape index (κ3) is 2.45. The second-order valence-corrected chi connectivity index (χ2v) is 5.03. The summed E-state index contributed by atoms with van der Waals surface area (Å²) >= 11 is 0. The Morgan fingerprint density at radius 3 is 2.52 bits per heavy atom. The number of aryl methyl sites for hydroxylation is 1. The molecule has 0 amide bonds. The van der Waals surface area contributed by atoms with E-state index in [2.05, 4.69) is 46.6 Å². The van der Waals surface area contributed by atoms with Gasteiger partial charge in [0, 0.05) is 16.8 Å². The zero-order valence-corrected chi connectivity index (χ0v) is 12.2. The first-order chi connectivity index (χ1) is 10.2. The van der Waals surface area contributed by atoms with E-state index >= 15 is 0 Å². The van der Waals surface area contributed by atoms with Gasteiger partial charge in [0.1, 0.15) is 5.82 Å². The van der Waals surface area contributed by atoms with Crippen molar-refractivity contribution in [3.05, 3.63) is 53.7 Å². The average molecular weight is 278 g/mol. The number of anilines is 1. The van der Waals surface area contributed by atoms with Crippen molar-refractivity contribution in [2.75, 3.05) is 5.43 Å². The first-order valence-corrected chi connectivity index (χ1v) is 7.06. The Bertz CT molecular complexity index is 771. The van der Waals surface area contributed by atoms with Gasteiger partial charge in [0.2, 0.25) is 0 Å². The molecule has 3 N–H and O–H groups in total. The molecular formula is C17H18N4. The molecule has 0 bridgehead atoms. The molecule has 4 heteroatoms. The first-order valence-electron chi connectivity index (χ1n) is 7.06. The molecule has 0 unspecified atom stereocenters. The third-order valence-electron chi connectivity index (χ3n) is 3.73. The van der Waals surface area contributed by atoms with Gasteiger partial charge in [0.05, 0.1) is 0 Å². The summed E-state index contributed by atoms with van der Waals surface area (Å²) < 4.78 is 0. The highest BCUT2D eigenvalue weighted by Crippen LogP contribution is 2.25. The molecule has 0 spiro atoms. The quantitative estimate of drug-likeness (QED) is 0.569. The fourth-order valence-corrected chi connectivity index (χ4v) is 2.51. The van der Waals surface area contributed by atoms with Crippen molar-refractivity contribution in [1.29, 1.82) is 0 Å².